The molecule has 10 heteroatoms. The maximum atomic E-state index is 12.5. The van der Waals surface area contributed by atoms with Crippen LogP contribution in [0.1, 0.15) is 36.9 Å². The van der Waals surface area contributed by atoms with Crippen molar-refractivity contribution in [3.63, 3.8) is 0 Å². The molecule has 0 spiro atoms. The third kappa shape index (κ3) is 5.69. The highest BCUT2D eigenvalue weighted by Crippen LogP contribution is 2.29. The molecule has 6 nitrogen and oxygen atoms in total. The quantitative estimate of drug-likeness (QED) is 0.680. The van der Waals surface area contributed by atoms with E-state index in [9.17, 15) is 22.8 Å². The molecule has 2 aromatic rings. The van der Waals surface area contributed by atoms with E-state index in [1.165, 1.54) is 23.5 Å². The largest absolute Gasteiger partial charge is 0.416 e. The van der Waals surface area contributed by atoms with Gasteiger partial charge in [-0.25, -0.2) is 9.78 Å². The number of amides is 3. The van der Waals surface area contributed by atoms with Crippen molar-refractivity contribution in [3.05, 3.63) is 40.9 Å². The predicted octanol–water partition coefficient (Wildman–Crippen LogP) is 4.41. The van der Waals surface area contributed by atoms with Gasteiger partial charge in [0.15, 0.2) is 5.13 Å². The van der Waals surface area contributed by atoms with Crippen molar-refractivity contribution >= 4 is 34.1 Å². The lowest BCUT2D eigenvalue weighted by Crippen LogP contribution is -2.36. The Balaban J connectivity index is 1.48. The third-order valence-electron chi connectivity index (χ3n) is 4.30. The molecule has 1 fully saturated rings. The van der Waals surface area contributed by atoms with Crippen LogP contribution in [-0.4, -0.2) is 23.0 Å². The number of hydrogen-bond acceptors (Lipinski definition) is 4. The van der Waals surface area contributed by atoms with E-state index in [1.54, 1.807) is 5.38 Å². The number of halogens is 3. The molecule has 3 amide bonds. The Hall–Kier alpha value is -2.62. The Morgan fingerprint density at radius 1 is 1.11 bits per heavy atom. The molecule has 0 radical (unpaired) electrons. The number of nitrogens with zero attached hydrogens (tertiary/aromatic N) is 1. The summed E-state index contributed by atoms with van der Waals surface area (Å²) in [6.45, 7) is 0. The van der Waals surface area contributed by atoms with E-state index in [-0.39, 0.29) is 24.2 Å². The molecule has 0 atom stereocenters. The van der Waals surface area contributed by atoms with Crippen LogP contribution in [0.5, 0.6) is 0 Å². The second-order valence-corrected chi connectivity index (χ2v) is 7.38. The summed E-state index contributed by atoms with van der Waals surface area (Å²) in [5.41, 5.74) is -0.0512. The first-order valence-corrected chi connectivity index (χ1v) is 9.66. The number of carbonyl (C=O) groups is 2. The van der Waals surface area contributed by atoms with Crippen LogP contribution in [0.3, 0.4) is 0 Å². The summed E-state index contributed by atoms with van der Waals surface area (Å²) < 4.78 is 37.6. The van der Waals surface area contributed by atoms with Gasteiger partial charge in [-0.2, -0.15) is 13.2 Å². The molecule has 3 rings (SSSR count). The van der Waals surface area contributed by atoms with E-state index in [4.69, 9.17) is 0 Å². The highest BCUT2D eigenvalue weighted by molar-refractivity contribution is 7.13. The number of thiazole rings is 1. The van der Waals surface area contributed by atoms with Crippen LogP contribution in [0.4, 0.5) is 28.8 Å². The van der Waals surface area contributed by atoms with Crippen molar-refractivity contribution in [1.82, 2.24) is 10.3 Å². The summed E-state index contributed by atoms with van der Waals surface area (Å²) in [5, 5.41) is 10.1. The predicted molar refractivity (Wildman–Crippen MR) is 100 cm³/mol. The van der Waals surface area contributed by atoms with Crippen LogP contribution in [0.15, 0.2) is 29.6 Å². The Kier molecular flexibility index (Phi) is 6.18. The molecule has 0 bridgehead atoms. The fourth-order valence-electron chi connectivity index (χ4n) is 2.95. The fourth-order valence-corrected chi connectivity index (χ4v) is 3.65. The van der Waals surface area contributed by atoms with Gasteiger partial charge in [0, 0.05) is 17.1 Å². The zero-order valence-electron chi connectivity index (χ0n) is 14.8. The van der Waals surface area contributed by atoms with Gasteiger partial charge in [0.1, 0.15) is 0 Å². The average molecular weight is 412 g/mol. The SMILES string of the molecule is O=C(Cc1csc(NC(=O)NC2CCCC2)n1)Nc1ccc(C(F)(F)F)cc1. The van der Waals surface area contributed by atoms with Crippen LogP contribution in [0, 0.1) is 0 Å². The Bertz CT molecular complexity index is 830. The molecule has 1 aliphatic rings. The monoisotopic (exact) mass is 412 g/mol. The summed E-state index contributed by atoms with van der Waals surface area (Å²) in [6.07, 6.45) is -0.303. The minimum atomic E-state index is -4.42. The van der Waals surface area contributed by atoms with E-state index in [1.807, 2.05) is 0 Å². The van der Waals surface area contributed by atoms with E-state index in [0.717, 1.165) is 37.8 Å². The maximum absolute atomic E-state index is 12.5. The number of urea groups is 1. The highest BCUT2D eigenvalue weighted by Gasteiger charge is 2.30. The maximum Gasteiger partial charge on any atom is 0.416 e. The van der Waals surface area contributed by atoms with Crippen molar-refractivity contribution in [3.8, 4) is 0 Å². The van der Waals surface area contributed by atoms with Crippen LogP contribution < -0.4 is 16.0 Å². The Morgan fingerprint density at radius 3 is 2.43 bits per heavy atom. The fraction of sp³-hybridized carbons (Fsp3) is 0.389. The van der Waals surface area contributed by atoms with Crippen LogP contribution in [0.25, 0.3) is 0 Å². The molecule has 1 aromatic heterocycles. The zero-order valence-corrected chi connectivity index (χ0v) is 15.6. The summed E-state index contributed by atoms with van der Waals surface area (Å²) in [7, 11) is 0. The van der Waals surface area contributed by atoms with Crippen LogP contribution in [-0.2, 0) is 17.4 Å². The Labute approximate surface area is 163 Å². The molecule has 0 unspecified atom stereocenters. The number of alkyl halides is 3. The standard InChI is InChI=1S/C18H19F3N4O2S/c19-18(20,21)11-5-7-13(8-6-11)22-15(26)9-14-10-28-17(24-14)25-16(27)23-12-3-1-2-4-12/h5-8,10,12H,1-4,9H2,(H,22,26)(H2,23,24,25,27). The lowest BCUT2D eigenvalue weighted by atomic mass is 10.2. The van der Waals surface area contributed by atoms with Crippen molar-refractivity contribution < 1.29 is 22.8 Å². The summed E-state index contributed by atoms with van der Waals surface area (Å²) in [6, 6.07) is 4.08. The van der Waals surface area contributed by atoms with E-state index in [2.05, 4.69) is 20.9 Å². The van der Waals surface area contributed by atoms with Crippen molar-refractivity contribution in [2.24, 2.45) is 0 Å². The summed E-state index contributed by atoms with van der Waals surface area (Å²) in [5.74, 6) is -0.410. The first-order chi connectivity index (χ1) is 13.3. The molecule has 1 aliphatic carbocycles. The molecule has 1 saturated carbocycles. The first kappa shape index (κ1) is 20.1. The highest BCUT2D eigenvalue weighted by atomic mass is 32.1. The smallest absolute Gasteiger partial charge is 0.335 e. The van der Waals surface area contributed by atoms with Crippen molar-refractivity contribution in [1.29, 1.82) is 0 Å². The van der Waals surface area contributed by atoms with Crippen LogP contribution >= 0.6 is 11.3 Å². The van der Waals surface area contributed by atoms with Crippen molar-refractivity contribution in [2.75, 3.05) is 10.6 Å². The van der Waals surface area contributed by atoms with Gasteiger partial charge in [-0.3, -0.25) is 10.1 Å². The number of aromatic nitrogens is 1. The minimum Gasteiger partial charge on any atom is -0.335 e. The van der Waals surface area contributed by atoms with Gasteiger partial charge in [0.25, 0.3) is 0 Å². The number of benzene rings is 1. The molecule has 150 valence electrons. The summed E-state index contributed by atoms with van der Waals surface area (Å²) in [4.78, 5) is 28.2. The number of rotatable bonds is 5. The van der Waals surface area contributed by atoms with E-state index in [0.29, 0.717) is 10.8 Å². The first-order valence-electron chi connectivity index (χ1n) is 8.78. The van der Waals surface area contributed by atoms with Gasteiger partial charge in [-0.15, -0.1) is 11.3 Å². The molecule has 28 heavy (non-hydrogen) atoms. The topological polar surface area (TPSA) is 83.1 Å². The number of hydrogen-bond donors (Lipinski definition) is 3. The third-order valence-corrected chi connectivity index (χ3v) is 5.11. The molecule has 1 aromatic carbocycles. The molecular formula is C18H19F3N4O2S. The van der Waals surface area contributed by atoms with Crippen LogP contribution in [0.2, 0.25) is 0 Å². The second kappa shape index (κ2) is 8.59. The van der Waals surface area contributed by atoms with Gasteiger partial charge >= 0.3 is 12.2 Å². The molecule has 0 aliphatic heterocycles. The second-order valence-electron chi connectivity index (χ2n) is 6.52. The normalized spacial score (nSPS) is 14.7. The molecular weight excluding hydrogens is 393 g/mol. The van der Waals surface area contributed by atoms with E-state index < -0.39 is 17.6 Å². The summed E-state index contributed by atoms with van der Waals surface area (Å²) >= 11 is 1.20. The Morgan fingerprint density at radius 2 is 1.79 bits per heavy atom. The molecule has 0 saturated heterocycles. The zero-order chi connectivity index (χ0) is 20.1. The van der Waals surface area contributed by atoms with Gasteiger partial charge in [-0.05, 0) is 37.1 Å². The van der Waals surface area contributed by atoms with Gasteiger partial charge < -0.3 is 10.6 Å². The van der Waals surface area contributed by atoms with Gasteiger partial charge in [0.05, 0.1) is 17.7 Å². The lowest BCUT2D eigenvalue weighted by Gasteiger charge is -2.11. The number of carbonyl (C=O) groups excluding carboxylic acids is 2. The van der Waals surface area contributed by atoms with Gasteiger partial charge in [0.2, 0.25) is 5.91 Å². The molecule has 3 N–H and O–H groups in total. The average Bonchev–Trinajstić information content (AvgIpc) is 3.26. The number of nitrogens with one attached hydrogen (secondary N) is 3. The lowest BCUT2D eigenvalue weighted by molar-refractivity contribution is -0.137. The molecule has 1 heterocycles. The minimum absolute atomic E-state index is 0.0521. The van der Waals surface area contributed by atoms with Crippen molar-refractivity contribution in [2.45, 2.75) is 44.3 Å². The van der Waals surface area contributed by atoms with Gasteiger partial charge in [-0.1, -0.05) is 12.8 Å². The number of anilines is 2. The van der Waals surface area contributed by atoms with E-state index >= 15 is 0 Å².